The van der Waals surface area contributed by atoms with Crippen LogP contribution in [0.4, 0.5) is 0 Å². The van der Waals surface area contributed by atoms with Crippen LogP contribution in [0.25, 0.3) is 0 Å². The molecule has 0 saturated carbocycles. The number of guanidine groups is 1. The van der Waals surface area contributed by atoms with Gasteiger partial charge in [0.1, 0.15) is 0 Å². The quantitative estimate of drug-likeness (QED) is 0.325. The average molecular weight is 501 g/mol. The molecule has 27 heavy (non-hydrogen) atoms. The maximum absolute atomic E-state index is 4.47. The summed E-state index contributed by atoms with van der Waals surface area (Å²) in [5, 5.41) is 7.88. The zero-order valence-electron chi connectivity index (χ0n) is 17.0. The molecule has 5 nitrogen and oxygen atoms in total. The van der Waals surface area contributed by atoms with Gasteiger partial charge in [-0.25, -0.2) is 4.98 Å². The van der Waals surface area contributed by atoms with Crippen LogP contribution in [0.3, 0.4) is 0 Å². The Kier molecular flexibility index (Phi) is 10.9. The first-order valence-corrected chi connectivity index (χ1v) is 10.0. The first-order valence-electron chi connectivity index (χ1n) is 9.23. The number of aromatic nitrogens is 1. The van der Waals surface area contributed by atoms with Crippen molar-refractivity contribution in [2.45, 2.75) is 47.3 Å². The van der Waals surface area contributed by atoms with E-state index in [-0.39, 0.29) is 24.0 Å². The Morgan fingerprint density at radius 3 is 2.37 bits per heavy atom. The lowest BCUT2D eigenvalue weighted by molar-refractivity contribution is 0.296. The predicted octanol–water partition coefficient (Wildman–Crippen LogP) is 4.08. The molecule has 0 unspecified atom stereocenters. The maximum atomic E-state index is 4.47. The van der Waals surface area contributed by atoms with E-state index in [4.69, 9.17) is 0 Å². The van der Waals surface area contributed by atoms with Gasteiger partial charge in [0, 0.05) is 25.0 Å². The molecule has 2 rings (SSSR count). The number of nitrogens with one attached hydrogen (secondary N) is 2. The predicted molar refractivity (Wildman–Crippen MR) is 127 cm³/mol. The molecule has 2 aromatic rings. The molecule has 0 fully saturated rings. The summed E-state index contributed by atoms with van der Waals surface area (Å²) in [7, 11) is 1.80. The minimum Gasteiger partial charge on any atom is -0.352 e. The van der Waals surface area contributed by atoms with E-state index < -0.39 is 0 Å². The number of aryl methyl sites for hydroxylation is 2. The molecule has 0 bridgehead atoms. The number of rotatable bonds is 8. The largest absolute Gasteiger partial charge is 0.352 e. The zero-order valence-corrected chi connectivity index (χ0v) is 20.1. The normalized spacial score (nSPS) is 11.4. The summed E-state index contributed by atoms with van der Waals surface area (Å²) in [5.74, 6) is 0.810. The third-order valence-corrected chi connectivity index (χ3v) is 5.46. The van der Waals surface area contributed by atoms with Gasteiger partial charge >= 0.3 is 0 Å². The molecule has 0 aliphatic heterocycles. The van der Waals surface area contributed by atoms with Crippen molar-refractivity contribution < 1.29 is 0 Å². The minimum absolute atomic E-state index is 0. The van der Waals surface area contributed by atoms with Crippen LogP contribution in [-0.2, 0) is 19.6 Å². The van der Waals surface area contributed by atoms with Gasteiger partial charge in [0.05, 0.1) is 17.2 Å². The standard InChI is InChI=1S/C20H31N5S.HI/c1-6-25(7-2)14-18-10-8-9-17(11-18)12-22-20(21-5)23-13-19-15(3)24-16(4)26-19;/h8-11H,6-7,12-14H2,1-5H3,(H2,21,22,23);1H. The van der Waals surface area contributed by atoms with Crippen molar-refractivity contribution in [1.82, 2.24) is 20.5 Å². The molecule has 1 heterocycles. The number of hydrogen-bond donors (Lipinski definition) is 2. The highest BCUT2D eigenvalue weighted by Crippen LogP contribution is 2.16. The number of thiazole rings is 1. The minimum atomic E-state index is 0. The van der Waals surface area contributed by atoms with E-state index in [1.807, 2.05) is 6.92 Å². The average Bonchev–Trinajstić information content (AvgIpc) is 2.97. The van der Waals surface area contributed by atoms with Gasteiger partial charge in [-0.2, -0.15) is 0 Å². The van der Waals surface area contributed by atoms with E-state index in [0.717, 1.165) is 49.4 Å². The van der Waals surface area contributed by atoms with Crippen LogP contribution in [0, 0.1) is 13.8 Å². The van der Waals surface area contributed by atoms with Crippen molar-refractivity contribution in [2.75, 3.05) is 20.1 Å². The number of nitrogens with zero attached hydrogens (tertiary/aromatic N) is 3. The van der Waals surface area contributed by atoms with E-state index in [1.165, 1.54) is 16.0 Å². The Bertz CT molecular complexity index is 725. The number of aliphatic imine (C=N–C) groups is 1. The molecular formula is C20H32IN5S. The van der Waals surface area contributed by atoms with Gasteiger partial charge in [-0.3, -0.25) is 9.89 Å². The Labute approximate surface area is 184 Å². The van der Waals surface area contributed by atoms with Gasteiger partial charge in [-0.15, -0.1) is 35.3 Å². The van der Waals surface area contributed by atoms with E-state index >= 15 is 0 Å². The van der Waals surface area contributed by atoms with E-state index in [2.05, 4.69) is 70.5 Å². The second-order valence-electron chi connectivity index (χ2n) is 6.30. The van der Waals surface area contributed by atoms with Crippen molar-refractivity contribution in [3.05, 3.63) is 51.0 Å². The second-order valence-corrected chi connectivity index (χ2v) is 7.59. The Morgan fingerprint density at radius 2 is 1.78 bits per heavy atom. The molecule has 0 aliphatic carbocycles. The Balaban J connectivity index is 0.00000364. The third-order valence-electron chi connectivity index (χ3n) is 4.39. The van der Waals surface area contributed by atoms with Gasteiger partial charge in [0.2, 0.25) is 0 Å². The monoisotopic (exact) mass is 501 g/mol. The smallest absolute Gasteiger partial charge is 0.191 e. The molecule has 7 heteroatoms. The van der Waals surface area contributed by atoms with Crippen LogP contribution < -0.4 is 10.6 Å². The lowest BCUT2D eigenvalue weighted by Gasteiger charge is -2.18. The number of hydrogen-bond acceptors (Lipinski definition) is 4. The van der Waals surface area contributed by atoms with Gasteiger partial charge in [-0.05, 0) is 38.1 Å². The lowest BCUT2D eigenvalue weighted by Crippen LogP contribution is -2.36. The van der Waals surface area contributed by atoms with Crippen LogP contribution in [0.15, 0.2) is 29.3 Å². The van der Waals surface area contributed by atoms with Crippen LogP contribution in [0.5, 0.6) is 0 Å². The van der Waals surface area contributed by atoms with Crippen LogP contribution in [-0.4, -0.2) is 36.0 Å². The van der Waals surface area contributed by atoms with Crippen molar-refractivity contribution >= 4 is 41.3 Å². The Hall–Kier alpha value is -1.19. The van der Waals surface area contributed by atoms with Crippen molar-refractivity contribution in [2.24, 2.45) is 4.99 Å². The summed E-state index contributed by atoms with van der Waals surface area (Å²) < 4.78 is 0. The molecule has 2 N–H and O–H groups in total. The second kappa shape index (κ2) is 12.3. The van der Waals surface area contributed by atoms with Crippen LogP contribution in [0.1, 0.15) is 40.6 Å². The summed E-state index contributed by atoms with van der Waals surface area (Å²) >= 11 is 1.73. The first-order chi connectivity index (χ1) is 12.5. The molecule has 0 amide bonds. The van der Waals surface area contributed by atoms with E-state index in [1.54, 1.807) is 18.4 Å². The fraction of sp³-hybridized carbons (Fsp3) is 0.500. The molecule has 150 valence electrons. The highest BCUT2D eigenvalue weighted by molar-refractivity contribution is 14.0. The highest BCUT2D eigenvalue weighted by atomic mass is 127. The van der Waals surface area contributed by atoms with Crippen LogP contribution >= 0.6 is 35.3 Å². The highest BCUT2D eigenvalue weighted by Gasteiger charge is 2.06. The number of halogens is 1. The van der Waals surface area contributed by atoms with Crippen molar-refractivity contribution in [3.8, 4) is 0 Å². The fourth-order valence-electron chi connectivity index (χ4n) is 2.85. The molecule has 1 aromatic carbocycles. The summed E-state index contributed by atoms with van der Waals surface area (Å²) in [4.78, 5) is 12.5. The molecule has 0 aliphatic rings. The van der Waals surface area contributed by atoms with Crippen molar-refractivity contribution in [1.29, 1.82) is 0 Å². The fourth-order valence-corrected chi connectivity index (χ4v) is 3.73. The van der Waals surface area contributed by atoms with Gasteiger partial charge < -0.3 is 10.6 Å². The first kappa shape index (κ1) is 23.8. The van der Waals surface area contributed by atoms with Crippen LogP contribution in [0.2, 0.25) is 0 Å². The number of benzene rings is 1. The van der Waals surface area contributed by atoms with Gasteiger partial charge in [0.25, 0.3) is 0 Å². The molecule has 0 saturated heterocycles. The Morgan fingerprint density at radius 1 is 1.11 bits per heavy atom. The van der Waals surface area contributed by atoms with E-state index in [9.17, 15) is 0 Å². The van der Waals surface area contributed by atoms with Gasteiger partial charge in [0.15, 0.2) is 5.96 Å². The molecule has 0 spiro atoms. The van der Waals surface area contributed by atoms with Gasteiger partial charge in [-0.1, -0.05) is 38.1 Å². The maximum Gasteiger partial charge on any atom is 0.191 e. The molecule has 1 aromatic heterocycles. The summed E-state index contributed by atoms with van der Waals surface area (Å²) in [5.41, 5.74) is 3.72. The zero-order chi connectivity index (χ0) is 18.9. The topological polar surface area (TPSA) is 52.5 Å². The van der Waals surface area contributed by atoms with Crippen molar-refractivity contribution in [3.63, 3.8) is 0 Å². The summed E-state index contributed by atoms with van der Waals surface area (Å²) in [6, 6.07) is 8.76. The summed E-state index contributed by atoms with van der Waals surface area (Å²) in [6.45, 7) is 13.2. The third kappa shape index (κ3) is 7.75. The molecule has 0 radical (unpaired) electrons. The SMILES string of the molecule is CCN(CC)Cc1cccc(CNC(=NC)NCc2sc(C)nc2C)c1.I. The molecular weight excluding hydrogens is 469 g/mol. The molecule has 0 atom stereocenters. The lowest BCUT2D eigenvalue weighted by atomic mass is 10.1. The summed E-state index contributed by atoms with van der Waals surface area (Å²) in [6.07, 6.45) is 0. The van der Waals surface area contributed by atoms with E-state index in [0.29, 0.717) is 0 Å².